The highest BCUT2D eigenvalue weighted by atomic mass is 79.9. The number of nitrogens with zero attached hydrogens (tertiary/aromatic N) is 1. The first kappa shape index (κ1) is 16.2. The van der Waals surface area contributed by atoms with Gasteiger partial charge >= 0.3 is 5.97 Å². The van der Waals surface area contributed by atoms with Gasteiger partial charge < -0.3 is 10.1 Å². The van der Waals surface area contributed by atoms with Gasteiger partial charge in [0.1, 0.15) is 0 Å². The summed E-state index contributed by atoms with van der Waals surface area (Å²) in [7, 11) is 0. The molecule has 2 aromatic rings. The lowest BCUT2D eigenvalue weighted by atomic mass is 10.1. The van der Waals surface area contributed by atoms with Crippen LogP contribution in [0.1, 0.15) is 24.2 Å². The van der Waals surface area contributed by atoms with Crippen molar-refractivity contribution in [2.45, 2.75) is 13.8 Å². The lowest BCUT2D eigenvalue weighted by molar-refractivity contribution is -0.114. The molecule has 0 aliphatic heterocycles. The molecule has 1 N–H and O–H groups in total. The Bertz CT molecular complexity index is 716. The smallest absolute Gasteiger partial charge is 0.338 e. The van der Waals surface area contributed by atoms with Crippen molar-refractivity contribution in [2.75, 3.05) is 11.9 Å². The fourth-order valence-electron chi connectivity index (χ4n) is 1.97. The topological polar surface area (TPSA) is 68.3 Å². The Hall–Kier alpha value is -2.21. The first-order chi connectivity index (χ1) is 10.5. The fraction of sp³-hybridized carbons (Fsp3) is 0.188. The summed E-state index contributed by atoms with van der Waals surface area (Å²) in [6.45, 7) is 3.44. The minimum Gasteiger partial charge on any atom is -0.462 e. The summed E-state index contributed by atoms with van der Waals surface area (Å²) in [6.07, 6.45) is 1.66. The Morgan fingerprint density at radius 2 is 2.09 bits per heavy atom. The molecule has 0 unspecified atom stereocenters. The number of anilines is 1. The molecule has 0 fully saturated rings. The van der Waals surface area contributed by atoms with Crippen LogP contribution in [0.15, 0.2) is 41.0 Å². The molecule has 0 atom stereocenters. The average molecular weight is 363 g/mol. The summed E-state index contributed by atoms with van der Waals surface area (Å²) in [4.78, 5) is 27.6. The number of nitrogens with one attached hydrogen (secondary N) is 1. The van der Waals surface area contributed by atoms with Crippen molar-refractivity contribution in [3.05, 3.63) is 46.6 Å². The molecular formula is C16H15BrN2O3. The van der Waals surface area contributed by atoms with Crippen LogP contribution in [-0.2, 0) is 9.53 Å². The molecule has 0 aliphatic rings. The monoisotopic (exact) mass is 362 g/mol. The van der Waals surface area contributed by atoms with Gasteiger partial charge in [-0.2, -0.15) is 0 Å². The molecule has 1 heterocycles. The molecule has 0 aliphatic carbocycles. The summed E-state index contributed by atoms with van der Waals surface area (Å²) in [5.74, 6) is -0.657. The fourth-order valence-corrected chi connectivity index (χ4v) is 2.45. The number of esters is 1. The second-order valence-electron chi connectivity index (χ2n) is 4.53. The lowest BCUT2D eigenvalue weighted by Crippen LogP contribution is -2.09. The van der Waals surface area contributed by atoms with Crippen molar-refractivity contribution >= 4 is 33.5 Å². The third-order valence-corrected chi connectivity index (χ3v) is 3.44. The van der Waals surface area contributed by atoms with Crippen LogP contribution in [-0.4, -0.2) is 23.5 Å². The summed E-state index contributed by atoms with van der Waals surface area (Å²) in [5.41, 5.74) is 2.27. The molecule has 1 aromatic carbocycles. The predicted molar refractivity (Wildman–Crippen MR) is 87.6 cm³/mol. The van der Waals surface area contributed by atoms with Crippen molar-refractivity contribution in [1.29, 1.82) is 0 Å². The maximum atomic E-state index is 12.0. The van der Waals surface area contributed by atoms with Crippen LogP contribution >= 0.6 is 15.9 Å². The molecule has 0 bridgehead atoms. The average Bonchev–Trinajstić information content (AvgIpc) is 2.47. The number of hydrogen-bond donors (Lipinski definition) is 1. The Morgan fingerprint density at radius 3 is 2.73 bits per heavy atom. The molecule has 22 heavy (non-hydrogen) atoms. The largest absolute Gasteiger partial charge is 0.462 e. The molecule has 6 heteroatoms. The number of ether oxygens (including phenoxy) is 1. The first-order valence-electron chi connectivity index (χ1n) is 6.72. The Balaban J connectivity index is 2.53. The van der Waals surface area contributed by atoms with Gasteiger partial charge in [0, 0.05) is 28.8 Å². The van der Waals surface area contributed by atoms with Crippen LogP contribution in [0.5, 0.6) is 0 Å². The van der Waals surface area contributed by atoms with Crippen LogP contribution in [0.3, 0.4) is 0 Å². The Morgan fingerprint density at radius 1 is 1.32 bits per heavy atom. The number of halogens is 1. The van der Waals surface area contributed by atoms with E-state index in [2.05, 4.69) is 26.2 Å². The highest BCUT2D eigenvalue weighted by Gasteiger charge is 2.13. The van der Waals surface area contributed by atoms with Crippen molar-refractivity contribution in [2.24, 2.45) is 0 Å². The number of carbonyl (C=O) groups is 2. The SMILES string of the molecule is CCOC(=O)c1cc(NC(C)=O)cc(-c2ncccc2Br)c1. The number of aromatic nitrogens is 1. The van der Waals surface area contributed by atoms with E-state index in [1.165, 1.54) is 6.92 Å². The second kappa shape index (κ2) is 7.17. The lowest BCUT2D eigenvalue weighted by Gasteiger charge is -2.10. The van der Waals surface area contributed by atoms with Crippen LogP contribution in [0, 0.1) is 0 Å². The molecule has 0 radical (unpaired) electrons. The molecule has 2 rings (SSSR count). The zero-order chi connectivity index (χ0) is 16.1. The van der Waals surface area contributed by atoms with Gasteiger partial charge in [-0.1, -0.05) is 0 Å². The first-order valence-corrected chi connectivity index (χ1v) is 7.51. The zero-order valence-electron chi connectivity index (χ0n) is 12.2. The van der Waals surface area contributed by atoms with E-state index >= 15 is 0 Å². The van der Waals surface area contributed by atoms with Crippen molar-refractivity contribution in [3.63, 3.8) is 0 Å². The number of amides is 1. The number of rotatable bonds is 4. The van der Waals surface area contributed by atoms with Crippen molar-refractivity contribution in [3.8, 4) is 11.3 Å². The van der Waals surface area contributed by atoms with Gasteiger partial charge in [0.15, 0.2) is 0 Å². The zero-order valence-corrected chi connectivity index (χ0v) is 13.8. The Labute approximate surface area is 136 Å². The normalized spacial score (nSPS) is 10.1. The van der Waals surface area contributed by atoms with Gasteiger partial charge in [0.25, 0.3) is 0 Å². The highest BCUT2D eigenvalue weighted by Crippen LogP contribution is 2.29. The standard InChI is InChI=1S/C16H15BrN2O3/c1-3-22-16(21)12-7-11(8-13(9-12)19-10(2)20)15-14(17)5-4-6-18-15/h4-9H,3H2,1-2H3,(H,19,20). The van der Waals surface area contributed by atoms with Gasteiger partial charge in [0.05, 0.1) is 17.9 Å². The summed E-state index contributed by atoms with van der Waals surface area (Å²) < 4.78 is 5.82. The predicted octanol–water partition coefficient (Wildman–Crippen LogP) is 3.65. The second-order valence-corrected chi connectivity index (χ2v) is 5.39. The Kier molecular flexibility index (Phi) is 5.27. The van der Waals surface area contributed by atoms with Crippen LogP contribution < -0.4 is 5.32 Å². The molecule has 114 valence electrons. The van der Waals surface area contributed by atoms with Crippen LogP contribution in [0.25, 0.3) is 11.3 Å². The molecule has 1 amide bonds. The van der Waals surface area contributed by atoms with Gasteiger partial charge in [0.2, 0.25) is 5.91 Å². The quantitative estimate of drug-likeness (QED) is 0.842. The number of carbonyl (C=O) groups excluding carboxylic acids is 2. The van der Waals surface area contributed by atoms with E-state index in [4.69, 9.17) is 4.74 Å². The maximum absolute atomic E-state index is 12.0. The van der Waals surface area contributed by atoms with E-state index in [9.17, 15) is 9.59 Å². The van der Waals surface area contributed by atoms with E-state index in [0.29, 0.717) is 22.5 Å². The molecular weight excluding hydrogens is 348 g/mol. The van der Waals surface area contributed by atoms with Crippen molar-refractivity contribution in [1.82, 2.24) is 4.98 Å². The number of pyridine rings is 1. The van der Waals surface area contributed by atoms with E-state index in [0.717, 1.165) is 4.47 Å². The summed E-state index contributed by atoms with van der Waals surface area (Å²) >= 11 is 3.43. The van der Waals surface area contributed by atoms with Gasteiger partial charge in [-0.25, -0.2) is 4.79 Å². The molecule has 0 saturated carbocycles. The maximum Gasteiger partial charge on any atom is 0.338 e. The van der Waals surface area contributed by atoms with Gasteiger partial charge in [-0.3, -0.25) is 9.78 Å². The molecule has 0 saturated heterocycles. The van der Waals surface area contributed by atoms with Crippen molar-refractivity contribution < 1.29 is 14.3 Å². The van der Waals surface area contributed by atoms with Crippen LogP contribution in [0.2, 0.25) is 0 Å². The van der Waals surface area contributed by atoms with E-state index in [1.807, 2.05) is 6.07 Å². The van der Waals surface area contributed by atoms with E-state index in [-0.39, 0.29) is 12.5 Å². The van der Waals surface area contributed by atoms with Gasteiger partial charge in [-0.05, 0) is 53.2 Å². The van der Waals surface area contributed by atoms with E-state index in [1.54, 1.807) is 37.4 Å². The minimum absolute atomic E-state index is 0.216. The van der Waals surface area contributed by atoms with E-state index < -0.39 is 5.97 Å². The summed E-state index contributed by atoms with van der Waals surface area (Å²) in [6, 6.07) is 8.70. The van der Waals surface area contributed by atoms with Gasteiger partial charge in [-0.15, -0.1) is 0 Å². The number of hydrogen-bond acceptors (Lipinski definition) is 4. The summed E-state index contributed by atoms with van der Waals surface area (Å²) in [5, 5.41) is 2.68. The molecule has 1 aromatic heterocycles. The molecule has 0 spiro atoms. The third-order valence-electron chi connectivity index (χ3n) is 2.80. The minimum atomic E-state index is -0.442. The highest BCUT2D eigenvalue weighted by molar-refractivity contribution is 9.10. The molecule has 5 nitrogen and oxygen atoms in total. The number of benzene rings is 1. The van der Waals surface area contributed by atoms with Crippen LogP contribution in [0.4, 0.5) is 5.69 Å². The third kappa shape index (κ3) is 3.92.